The van der Waals surface area contributed by atoms with E-state index in [1.807, 2.05) is 55.5 Å². The molecule has 0 saturated carbocycles. The number of carbonyl (C=O) groups excluding carboxylic acids is 1. The van der Waals surface area contributed by atoms with Crippen molar-refractivity contribution >= 4 is 27.6 Å². The van der Waals surface area contributed by atoms with Crippen molar-refractivity contribution in [3.63, 3.8) is 0 Å². The third kappa shape index (κ3) is 5.10. The molecule has 1 atom stereocenters. The highest BCUT2D eigenvalue weighted by atomic mass is 79.9. The summed E-state index contributed by atoms with van der Waals surface area (Å²) < 4.78 is 1.02. The second-order valence-corrected chi connectivity index (χ2v) is 7.61. The Bertz CT molecular complexity index is 657. The number of hydrogen-bond donors (Lipinski definition) is 2. The van der Waals surface area contributed by atoms with Crippen molar-refractivity contribution in [1.82, 2.24) is 5.32 Å². The summed E-state index contributed by atoms with van der Waals surface area (Å²) in [5, 5.41) is 5.82. The Labute approximate surface area is 146 Å². The number of benzene rings is 2. The SMILES string of the molecule is CC(NC(=O)Nc1ccc(C(C)(C)C)cc1)c1ccc(Br)cc1. The van der Waals surface area contributed by atoms with Crippen molar-refractivity contribution in [1.29, 1.82) is 0 Å². The summed E-state index contributed by atoms with van der Waals surface area (Å²) >= 11 is 3.41. The molecule has 0 aliphatic carbocycles. The van der Waals surface area contributed by atoms with Crippen molar-refractivity contribution < 1.29 is 4.79 Å². The van der Waals surface area contributed by atoms with E-state index in [0.717, 1.165) is 15.7 Å². The molecule has 2 aromatic rings. The molecule has 1 unspecified atom stereocenters. The third-order valence-corrected chi connectivity index (χ3v) is 4.26. The number of halogens is 1. The van der Waals surface area contributed by atoms with Crippen LogP contribution in [-0.4, -0.2) is 6.03 Å². The van der Waals surface area contributed by atoms with Crippen LogP contribution in [0.2, 0.25) is 0 Å². The fourth-order valence-corrected chi connectivity index (χ4v) is 2.52. The molecule has 0 aliphatic heterocycles. The minimum atomic E-state index is -0.205. The summed E-state index contributed by atoms with van der Waals surface area (Å²) in [6.45, 7) is 8.47. The van der Waals surface area contributed by atoms with Gasteiger partial charge in [-0.1, -0.05) is 61.0 Å². The van der Waals surface area contributed by atoms with E-state index in [4.69, 9.17) is 0 Å². The minimum absolute atomic E-state index is 0.0584. The van der Waals surface area contributed by atoms with Gasteiger partial charge in [-0.15, -0.1) is 0 Å². The van der Waals surface area contributed by atoms with Gasteiger partial charge in [0.25, 0.3) is 0 Å². The van der Waals surface area contributed by atoms with Crippen molar-refractivity contribution in [2.75, 3.05) is 5.32 Å². The van der Waals surface area contributed by atoms with Crippen LogP contribution in [0.15, 0.2) is 53.0 Å². The molecule has 0 aromatic heterocycles. The summed E-state index contributed by atoms with van der Waals surface area (Å²) in [6, 6.07) is 15.6. The van der Waals surface area contributed by atoms with Crippen LogP contribution in [0.5, 0.6) is 0 Å². The Kier molecular flexibility index (Phi) is 5.47. The molecule has 122 valence electrons. The van der Waals surface area contributed by atoms with Crippen molar-refractivity contribution in [3.05, 3.63) is 64.1 Å². The summed E-state index contributed by atoms with van der Waals surface area (Å²) in [5.74, 6) is 0. The standard InChI is InChI=1S/C19H23BrN2O/c1-13(14-5-9-16(20)10-6-14)21-18(23)22-17-11-7-15(8-12-17)19(2,3)4/h5-13H,1-4H3,(H2,21,22,23). The van der Waals surface area contributed by atoms with Gasteiger partial charge in [0.15, 0.2) is 0 Å². The smallest absolute Gasteiger partial charge is 0.319 e. The lowest BCUT2D eigenvalue weighted by atomic mass is 9.87. The van der Waals surface area contributed by atoms with E-state index in [1.54, 1.807) is 0 Å². The van der Waals surface area contributed by atoms with Crippen molar-refractivity contribution in [2.24, 2.45) is 0 Å². The van der Waals surface area contributed by atoms with E-state index in [-0.39, 0.29) is 17.5 Å². The molecule has 2 amide bonds. The number of amides is 2. The minimum Gasteiger partial charge on any atom is -0.331 e. The van der Waals surface area contributed by atoms with Crippen LogP contribution >= 0.6 is 15.9 Å². The number of carbonyl (C=O) groups is 1. The second kappa shape index (κ2) is 7.18. The third-order valence-electron chi connectivity index (χ3n) is 3.73. The Balaban J connectivity index is 1.95. The van der Waals surface area contributed by atoms with E-state index < -0.39 is 0 Å². The lowest BCUT2D eigenvalue weighted by molar-refractivity contribution is 0.249. The Morgan fingerprint density at radius 2 is 1.57 bits per heavy atom. The van der Waals surface area contributed by atoms with E-state index in [2.05, 4.69) is 47.3 Å². The van der Waals surface area contributed by atoms with Crippen molar-refractivity contribution in [2.45, 2.75) is 39.2 Å². The maximum atomic E-state index is 12.1. The maximum absolute atomic E-state index is 12.1. The van der Waals surface area contributed by atoms with Crippen LogP contribution in [0.3, 0.4) is 0 Å². The molecule has 0 radical (unpaired) electrons. The largest absolute Gasteiger partial charge is 0.331 e. The van der Waals surface area contributed by atoms with Crippen LogP contribution in [0.1, 0.15) is 44.9 Å². The van der Waals surface area contributed by atoms with Gasteiger partial charge < -0.3 is 10.6 Å². The van der Waals surface area contributed by atoms with Gasteiger partial charge in [0.1, 0.15) is 0 Å². The number of hydrogen-bond acceptors (Lipinski definition) is 1. The lowest BCUT2D eigenvalue weighted by Gasteiger charge is -2.19. The summed E-state index contributed by atoms with van der Waals surface area (Å²) in [6.07, 6.45) is 0. The average molecular weight is 375 g/mol. The highest BCUT2D eigenvalue weighted by Gasteiger charge is 2.14. The van der Waals surface area contributed by atoms with E-state index in [9.17, 15) is 4.79 Å². The number of nitrogens with one attached hydrogen (secondary N) is 2. The first-order chi connectivity index (χ1) is 10.8. The summed E-state index contributed by atoms with van der Waals surface area (Å²) in [4.78, 5) is 12.1. The topological polar surface area (TPSA) is 41.1 Å². The average Bonchev–Trinajstić information content (AvgIpc) is 2.47. The predicted octanol–water partition coefficient (Wildman–Crippen LogP) is 5.63. The predicted molar refractivity (Wildman–Crippen MR) is 99.9 cm³/mol. The molecule has 3 nitrogen and oxygen atoms in total. The molecular weight excluding hydrogens is 352 g/mol. The highest BCUT2D eigenvalue weighted by Crippen LogP contribution is 2.23. The molecule has 0 heterocycles. The van der Waals surface area contributed by atoms with Gasteiger partial charge in [-0.25, -0.2) is 4.79 Å². The Morgan fingerprint density at radius 1 is 1.00 bits per heavy atom. The molecule has 2 N–H and O–H groups in total. The van der Waals surface area contributed by atoms with Crippen LogP contribution in [0, 0.1) is 0 Å². The number of rotatable bonds is 3. The molecule has 0 saturated heterocycles. The van der Waals surface area contributed by atoms with Crippen LogP contribution in [0.25, 0.3) is 0 Å². The van der Waals surface area contributed by atoms with Gasteiger partial charge in [-0.3, -0.25) is 0 Å². The van der Waals surface area contributed by atoms with Gasteiger partial charge in [0.2, 0.25) is 0 Å². The fourth-order valence-electron chi connectivity index (χ4n) is 2.25. The van der Waals surface area contributed by atoms with Crippen molar-refractivity contribution in [3.8, 4) is 0 Å². The molecule has 23 heavy (non-hydrogen) atoms. The number of anilines is 1. The first-order valence-electron chi connectivity index (χ1n) is 7.69. The van der Waals surface area contributed by atoms with Gasteiger partial charge in [-0.05, 0) is 47.7 Å². The molecule has 0 bridgehead atoms. The van der Waals surface area contributed by atoms with Gasteiger partial charge in [0, 0.05) is 10.2 Å². The summed E-state index contributed by atoms with van der Waals surface area (Å²) in [7, 11) is 0. The lowest BCUT2D eigenvalue weighted by Crippen LogP contribution is -2.31. The van der Waals surface area contributed by atoms with Crippen LogP contribution in [0.4, 0.5) is 10.5 Å². The van der Waals surface area contributed by atoms with E-state index >= 15 is 0 Å². The molecule has 0 spiro atoms. The van der Waals surface area contributed by atoms with E-state index in [0.29, 0.717) is 0 Å². The zero-order valence-electron chi connectivity index (χ0n) is 14.0. The highest BCUT2D eigenvalue weighted by molar-refractivity contribution is 9.10. The molecular formula is C19H23BrN2O. The summed E-state index contributed by atoms with van der Waals surface area (Å²) in [5.41, 5.74) is 3.20. The van der Waals surface area contributed by atoms with Gasteiger partial charge in [-0.2, -0.15) is 0 Å². The van der Waals surface area contributed by atoms with Crippen LogP contribution in [-0.2, 0) is 5.41 Å². The Hall–Kier alpha value is -1.81. The zero-order chi connectivity index (χ0) is 17.0. The molecule has 2 rings (SSSR count). The van der Waals surface area contributed by atoms with Gasteiger partial charge >= 0.3 is 6.03 Å². The quantitative estimate of drug-likeness (QED) is 0.717. The normalized spacial score (nSPS) is 12.6. The molecule has 0 fully saturated rings. The maximum Gasteiger partial charge on any atom is 0.319 e. The van der Waals surface area contributed by atoms with E-state index in [1.165, 1.54) is 5.56 Å². The van der Waals surface area contributed by atoms with Crippen LogP contribution < -0.4 is 10.6 Å². The molecule has 4 heteroatoms. The monoisotopic (exact) mass is 374 g/mol. The first kappa shape index (κ1) is 17.5. The van der Waals surface area contributed by atoms with Gasteiger partial charge in [0.05, 0.1) is 6.04 Å². The second-order valence-electron chi connectivity index (χ2n) is 6.70. The molecule has 0 aliphatic rings. The number of urea groups is 1. The fraction of sp³-hybridized carbons (Fsp3) is 0.316. The first-order valence-corrected chi connectivity index (χ1v) is 8.48. The zero-order valence-corrected chi connectivity index (χ0v) is 15.6. The molecule has 2 aromatic carbocycles. The Morgan fingerprint density at radius 3 is 2.09 bits per heavy atom.